The summed E-state index contributed by atoms with van der Waals surface area (Å²) in [5, 5.41) is 4.14. The average Bonchev–Trinajstić information content (AvgIpc) is 2.79. The van der Waals surface area contributed by atoms with E-state index in [9.17, 15) is 4.79 Å². The number of ketones is 1. The fourth-order valence-corrected chi connectivity index (χ4v) is 1.67. The molecule has 5 nitrogen and oxygen atoms in total. The first kappa shape index (κ1) is 13.7. The van der Waals surface area contributed by atoms with Crippen molar-refractivity contribution in [1.29, 1.82) is 0 Å². The van der Waals surface area contributed by atoms with E-state index in [-0.39, 0.29) is 5.78 Å². The van der Waals surface area contributed by atoms with Crippen LogP contribution in [0.15, 0.2) is 6.20 Å². The molecule has 1 rings (SSSR count). The van der Waals surface area contributed by atoms with Gasteiger partial charge in [0.1, 0.15) is 5.69 Å². The van der Waals surface area contributed by atoms with Crippen molar-refractivity contribution in [3.8, 4) is 5.75 Å². The third kappa shape index (κ3) is 2.34. The second-order valence-electron chi connectivity index (χ2n) is 4.32. The molecule has 96 valence electrons. The summed E-state index contributed by atoms with van der Waals surface area (Å²) in [7, 11) is 1.54. The molecular weight excluding hydrogens is 218 g/mol. The van der Waals surface area contributed by atoms with Gasteiger partial charge in [-0.1, -0.05) is 13.8 Å². The second kappa shape index (κ2) is 5.31. The summed E-state index contributed by atoms with van der Waals surface area (Å²) in [6.45, 7) is 6.73. The zero-order valence-corrected chi connectivity index (χ0v) is 11.0. The monoisotopic (exact) mass is 239 g/mol. The number of methoxy groups -OCH3 is 1. The van der Waals surface area contributed by atoms with Gasteiger partial charge in [-0.3, -0.25) is 9.48 Å². The smallest absolute Gasteiger partial charge is 0.191 e. The van der Waals surface area contributed by atoms with Crippen molar-refractivity contribution >= 4 is 5.78 Å². The number of Topliss-reactive ketones (excluding diaryl/α,β-unsaturated/α-hetero) is 1. The van der Waals surface area contributed by atoms with Gasteiger partial charge in [-0.25, -0.2) is 0 Å². The Hall–Kier alpha value is -1.36. The second-order valence-corrected chi connectivity index (χ2v) is 4.32. The first-order chi connectivity index (χ1) is 8.03. The highest BCUT2D eigenvalue weighted by atomic mass is 16.5. The van der Waals surface area contributed by atoms with Crippen molar-refractivity contribution in [2.75, 3.05) is 13.7 Å². The third-order valence-corrected chi connectivity index (χ3v) is 3.32. The van der Waals surface area contributed by atoms with Gasteiger partial charge in [-0.05, 0) is 13.3 Å². The first-order valence-corrected chi connectivity index (χ1v) is 5.88. The summed E-state index contributed by atoms with van der Waals surface area (Å²) < 4.78 is 6.85. The van der Waals surface area contributed by atoms with Gasteiger partial charge in [0.2, 0.25) is 0 Å². The quantitative estimate of drug-likeness (QED) is 0.763. The Morgan fingerprint density at radius 3 is 2.65 bits per heavy atom. The first-order valence-electron chi connectivity index (χ1n) is 5.88. The molecule has 0 saturated carbocycles. The number of nitrogens with zero attached hydrogens (tertiary/aromatic N) is 2. The highest BCUT2D eigenvalue weighted by Gasteiger charge is 2.34. The Bertz CT molecular complexity index is 373. The van der Waals surface area contributed by atoms with Crippen molar-refractivity contribution in [2.24, 2.45) is 11.1 Å². The van der Waals surface area contributed by atoms with Gasteiger partial charge in [0.15, 0.2) is 11.5 Å². The molecule has 0 bridgehead atoms. The van der Waals surface area contributed by atoms with Crippen molar-refractivity contribution < 1.29 is 9.53 Å². The number of rotatable bonds is 6. The molecule has 0 aromatic carbocycles. The predicted octanol–water partition coefficient (Wildman–Crippen LogP) is 1.47. The minimum atomic E-state index is -0.555. The van der Waals surface area contributed by atoms with E-state index in [4.69, 9.17) is 10.5 Å². The Labute approximate surface area is 102 Å². The van der Waals surface area contributed by atoms with Gasteiger partial charge >= 0.3 is 0 Å². The van der Waals surface area contributed by atoms with E-state index < -0.39 is 5.41 Å². The Morgan fingerprint density at radius 1 is 1.59 bits per heavy atom. The number of aryl methyl sites for hydroxylation is 1. The van der Waals surface area contributed by atoms with E-state index in [1.54, 1.807) is 18.0 Å². The maximum atomic E-state index is 12.5. The van der Waals surface area contributed by atoms with Crippen LogP contribution in [0.2, 0.25) is 0 Å². The molecule has 0 saturated heterocycles. The van der Waals surface area contributed by atoms with Crippen molar-refractivity contribution in [2.45, 2.75) is 33.7 Å². The van der Waals surface area contributed by atoms with Gasteiger partial charge < -0.3 is 10.5 Å². The molecule has 0 spiro atoms. The Kier molecular flexibility index (Phi) is 4.28. The number of nitrogens with two attached hydrogens (primary N) is 1. The lowest BCUT2D eigenvalue weighted by molar-refractivity contribution is 0.0805. The molecule has 0 aliphatic carbocycles. The molecule has 17 heavy (non-hydrogen) atoms. The minimum Gasteiger partial charge on any atom is -0.493 e. The molecule has 0 radical (unpaired) electrons. The van der Waals surface area contributed by atoms with E-state index in [1.165, 1.54) is 0 Å². The van der Waals surface area contributed by atoms with Crippen LogP contribution in [0.5, 0.6) is 5.75 Å². The zero-order valence-electron chi connectivity index (χ0n) is 11.0. The van der Waals surface area contributed by atoms with E-state index >= 15 is 0 Å². The topological polar surface area (TPSA) is 70.1 Å². The lowest BCUT2D eigenvalue weighted by Crippen LogP contribution is -2.36. The number of carbonyl (C=O) groups excluding carboxylic acids is 1. The summed E-state index contributed by atoms with van der Waals surface area (Å²) >= 11 is 0. The van der Waals surface area contributed by atoms with Crippen LogP contribution in [0.1, 0.15) is 37.7 Å². The fourth-order valence-electron chi connectivity index (χ4n) is 1.67. The lowest BCUT2D eigenvalue weighted by atomic mass is 9.81. The molecule has 0 aliphatic rings. The van der Waals surface area contributed by atoms with Gasteiger partial charge in [-0.15, -0.1) is 0 Å². The van der Waals surface area contributed by atoms with Crippen LogP contribution in [-0.4, -0.2) is 29.2 Å². The van der Waals surface area contributed by atoms with Crippen molar-refractivity contribution in [3.05, 3.63) is 11.9 Å². The van der Waals surface area contributed by atoms with Gasteiger partial charge in [-0.2, -0.15) is 5.10 Å². The predicted molar refractivity (Wildman–Crippen MR) is 66.2 cm³/mol. The molecule has 2 N–H and O–H groups in total. The van der Waals surface area contributed by atoms with Crippen LogP contribution in [0.4, 0.5) is 0 Å². The molecule has 1 heterocycles. The number of carbonyl (C=O) groups is 1. The normalized spacial score (nSPS) is 14.4. The SMILES string of the molecule is CCn1ncc(OC)c1C(=O)C(C)(CC)CN. The minimum absolute atomic E-state index is 0.00120. The number of aromatic nitrogens is 2. The summed E-state index contributed by atoms with van der Waals surface area (Å²) in [4.78, 5) is 12.5. The number of hydrogen-bond donors (Lipinski definition) is 1. The van der Waals surface area contributed by atoms with E-state index in [0.717, 1.165) is 0 Å². The van der Waals surface area contributed by atoms with Crippen LogP contribution < -0.4 is 10.5 Å². The summed E-state index contributed by atoms with van der Waals surface area (Å²) in [5.74, 6) is 0.517. The largest absolute Gasteiger partial charge is 0.493 e. The highest BCUT2D eigenvalue weighted by molar-refractivity contribution is 6.01. The van der Waals surface area contributed by atoms with Crippen LogP contribution >= 0.6 is 0 Å². The van der Waals surface area contributed by atoms with E-state index in [2.05, 4.69) is 5.10 Å². The molecule has 1 aromatic rings. The van der Waals surface area contributed by atoms with Crippen LogP contribution in [0.3, 0.4) is 0 Å². The maximum Gasteiger partial charge on any atom is 0.191 e. The standard InChI is InChI=1S/C12H21N3O2/c1-5-12(3,8-13)11(16)10-9(17-4)7-14-15(10)6-2/h7H,5-6,8,13H2,1-4H3. The molecule has 0 aliphatic heterocycles. The summed E-state index contributed by atoms with van der Waals surface area (Å²) in [5.41, 5.74) is 5.68. The molecule has 1 atom stereocenters. The van der Waals surface area contributed by atoms with Crippen molar-refractivity contribution in [3.63, 3.8) is 0 Å². The van der Waals surface area contributed by atoms with Gasteiger partial charge in [0, 0.05) is 18.5 Å². The van der Waals surface area contributed by atoms with Crippen LogP contribution in [0.25, 0.3) is 0 Å². The lowest BCUT2D eigenvalue weighted by Gasteiger charge is -2.25. The number of ether oxygens (including phenoxy) is 1. The van der Waals surface area contributed by atoms with Crippen LogP contribution in [0, 0.1) is 5.41 Å². The van der Waals surface area contributed by atoms with Gasteiger partial charge in [0.05, 0.1) is 13.3 Å². The summed E-state index contributed by atoms with van der Waals surface area (Å²) in [6, 6.07) is 0. The van der Waals surface area contributed by atoms with Crippen LogP contribution in [-0.2, 0) is 6.54 Å². The Morgan fingerprint density at radius 2 is 2.24 bits per heavy atom. The van der Waals surface area contributed by atoms with Crippen molar-refractivity contribution in [1.82, 2.24) is 9.78 Å². The van der Waals surface area contributed by atoms with E-state index in [0.29, 0.717) is 31.0 Å². The van der Waals surface area contributed by atoms with E-state index in [1.807, 2.05) is 20.8 Å². The molecule has 1 aromatic heterocycles. The maximum absolute atomic E-state index is 12.5. The molecule has 1 unspecified atom stereocenters. The zero-order chi connectivity index (χ0) is 13.1. The third-order valence-electron chi connectivity index (χ3n) is 3.32. The molecule has 5 heteroatoms. The Balaban J connectivity index is 3.23. The average molecular weight is 239 g/mol. The molecule has 0 fully saturated rings. The highest BCUT2D eigenvalue weighted by Crippen LogP contribution is 2.29. The fraction of sp³-hybridized carbons (Fsp3) is 0.667. The molecular formula is C12H21N3O2. The summed E-state index contributed by atoms with van der Waals surface area (Å²) in [6.07, 6.45) is 2.27. The van der Waals surface area contributed by atoms with Gasteiger partial charge in [0.25, 0.3) is 0 Å². The molecule has 0 amide bonds. The number of hydrogen-bond acceptors (Lipinski definition) is 4.